The van der Waals surface area contributed by atoms with Gasteiger partial charge in [-0.15, -0.1) is 0 Å². The van der Waals surface area contributed by atoms with Crippen molar-refractivity contribution in [3.63, 3.8) is 0 Å². The molecule has 0 spiro atoms. The highest BCUT2D eigenvalue weighted by atomic mass is 16.5. The van der Waals surface area contributed by atoms with Crippen molar-refractivity contribution in [2.75, 3.05) is 6.54 Å². The molecule has 1 atom stereocenters. The molecule has 0 bridgehead atoms. The van der Waals surface area contributed by atoms with Crippen molar-refractivity contribution >= 4 is 5.91 Å². The highest BCUT2D eigenvalue weighted by Gasteiger charge is 2.28. The second-order valence-corrected chi connectivity index (χ2v) is 4.05. The molecule has 1 heterocycles. The van der Waals surface area contributed by atoms with Crippen LogP contribution in [0.1, 0.15) is 29.0 Å². The molecule has 0 aliphatic heterocycles. The minimum Gasteiger partial charge on any atom is -0.351 e. The second kappa shape index (κ2) is 4.02. The van der Waals surface area contributed by atoms with E-state index in [0.29, 0.717) is 12.5 Å². The first-order valence-electron chi connectivity index (χ1n) is 5.13. The SMILES string of the molecule is Cc1cnoc1C(=O)NCC(N)C1CC1. The monoisotopic (exact) mass is 209 g/mol. The van der Waals surface area contributed by atoms with Gasteiger partial charge in [0.15, 0.2) is 0 Å². The van der Waals surface area contributed by atoms with Crippen molar-refractivity contribution in [3.8, 4) is 0 Å². The molecular weight excluding hydrogens is 194 g/mol. The third-order valence-corrected chi connectivity index (χ3v) is 2.68. The predicted molar refractivity (Wildman–Crippen MR) is 54.3 cm³/mol. The molecule has 1 aromatic rings. The molecule has 1 unspecified atom stereocenters. The standard InChI is InChI=1S/C10H15N3O2/c1-6-4-13-15-9(6)10(14)12-5-8(11)7-2-3-7/h4,7-8H,2-3,5,11H2,1H3,(H,12,14). The predicted octanol–water partition coefficient (Wildman–Crippen LogP) is 0.450. The van der Waals surface area contributed by atoms with E-state index in [1.54, 1.807) is 6.92 Å². The van der Waals surface area contributed by atoms with E-state index in [2.05, 4.69) is 10.5 Å². The van der Waals surface area contributed by atoms with Crippen LogP contribution in [0.3, 0.4) is 0 Å². The average Bonchev–Trinajstić information content (AvgIpc) is 2.98. The summed E-state index contributed by atoms with van der Waals surface area (Å²) in [4.78, 5) is 11.6. The molecule has 0 radical (unpaired) electrons. The number of carbonyl (C=O) groups excluding carboxylic acids is 1. The van der Waals surface area contributed by atoms with Crippen LogP contribution in [-0.4, -0.2) is 23.7 Å². The number of nitrogens with zero attached hydrogens (tertiary/aromatic N) is 1. The maximum atomic E-state index is 11.6. The molecule has 1 aromatic heterocycles. The van der Waals surface area contributed by atoms with Crippen molar-refractivity contribution in [3.05, 3.63) is 17.5 Å². The molecule has 0 aromatic carbocycles. The average molecular weight is 209 g/mol. The summed E-state index contributed by atoms with van der Waals surface area (Å²) in [6.45, 7) is 2.29. The molecule has 1 aliphatic rings. The normalized spacial score (nSPS) is 17.5. The lowest BCUT2D eigenvalue weighted by Gasteiger charge is -2.10. The summed E-state index contributed by atoms with van der Waals surface area (Å²) in [6, 6.07) is 0.0668. The van der Waals surface area contributed by atoms with Crippen LogP contribution in [-0.2, 0) is 0 Å². The number of aryl methyl sites for hydroxylation is 1. The van der Waals surface area contributed by atoms with E-state index in [9.17, 15) is 4.79 Å². The van der Waals surface area contributed by atoms with Crippen molar-refractivity contribution in [1.82, 2.24) is 10.5 Å². The van der Waals surface area contributed by atoms with Crippen molar-refractivity contribution in [2.45, 2.75) is 25.8 Å². The Kier molecular flexibility index (Phi) is 2.73. The largest absolute Gasteiger partial charge is 0.351 e. The molecule has 5 nitrogen and oxygen atoms in total. The van der Waals surface area contributed by atoms with E-state index in [0.717, 1.165) is 5.56 Å². The maximum Gasteiger partial charge on any atom is 0.290 e. The number of nitrogens with one attached hydrogen (secondary N) is 1. The molecule has 15 heavy (non-hydrogen) atoms. The molecule has 0 saturated heterocycles. The zero-order valence-electron chi connectivity index (χ0n) is 8.69. The summed E-state index contributed by atoms with van der Waals surface area (Å²) in [6.07, 6.45) is 3.88. The lowest BCUT2D eigenvalue weighted by atomic mass is 10.2. The molecule has 3 N–H and O–H groups in total. The van der Waals surface area contributed by atoms with Gasteiger partial charge in [0.25, 0.3) is 5.91 Å². The van der Waals surface area contributed by atoms with Gasteiger partial charge in [0.05, 0.1) is 6.20 Å². The first-order valence-corrected chi connectivity index (χ1v) is 5.13. The Labute approximate surface area is 88.0 Å². The Morgan fingerprint density at radius 2 is 2.53 bits per heavy atom. The number of hydrogen-bond acceptors (Lipinski definition) is 4. The van der Waals surface area contributed by atoms with Gasteiger partial charge >= 0.3 is 0 Å². The van der Waals surface area contributed by atoms with Gasteiger partial charge in [0.1, 0.15) is 0 Å². The van der Waals surface area contributed by atoms with E-state index >= 15 is 0 Å². The van der Waals surface area contributed by atoms with Crippen LogP contribution in [0.5, 0.6) is 0 Å². The fraction of sp³-hybridized carbons (Fsp3) is 0.600. The lowest BCUT2D eigenvalue weighted by Crippen LogP contribution is -2.38. The number of amides is 1. The zero-order valence-corrected chi connectivity index (χ0v) is 8.69. The van der Waals surface area contributed by atoms with Crippen molar-refractivity contribution in [2.24, 2.45) is 11.7 Å². The summed E-state index contributed by atoms with van der Waals surface area (Å²) in [5.41, 5.74) is 6.60. The van der Waals surface area contributed by atoms with Crippen molar-refractivity contribution in [1.29, 1.82) is 0 Å². The van der Waals surface area contributed by atoms with Gasteiger partial charge < -0.3 is 15.6 Å². The Bertz CT molecular complexity index is 357. The van der Waals surface area contributed by atoms with Gasteiger partial charge in [-0.2, -0.15) is 0 Å². The van der Waals surface area contributed by atoms with Gasteiger partial charge in [-0.05, 0) is 25.7 Å². The van der Waals surface area contributed by atoms with Gasteiger partial charge in [-0.1, -0.05) is 5.16 Å². The summed E-state index contributed by atoms with van der Waals surface area (Å²) >= 11 is 0. The third-order valence-electron chi connectivity index (χ3n) is 2.68. The molecule has 1 aliphatic carbocycles. The van der Waals surface area contributed by atoms with Crippen LogP contribution in [0, 0.1) is 12.8 Å². The molecule has 1 fully saturated rings. The third kappa shape index (κ3) is 2.36. The van der Waals surface area contributed by atoms with E-state index in [-0.39, 0.29) is 17.7 Å². The molecule has 1 saturated carbocycles. The molecule has 82 valence electrons. The first-order chi connectivity index (χ1) is 7.18. The minimum absolute atomic E-state index is 0.0668. The fourth-order valence-corrected chi connectivity index (χ4v) is 1.49. The highest BCUT2D eigenvalue weighted by Crippen LogP contribution is 2.31. The van der Waals surface area contributed by atoms with Gasteiger partial charge in [0.2, 0.25) is 5.76 Å². The number of rotatable bonds is 4. The van der Waals surface area contributed by atoms with Crippen LogP contribution < -0.4 is 11.1 Å². The van der Waals surface area contributed by atoms with Gasteiger partial charge in [-0.25, -0.2) is 0 Å². The topological polar surface area (TPSA) is 81.2 Å². The zero-order chi connectivity index (χ0) is 10.8. The van der Waals surface area contributed by atoms with Crippen molar-refractivity contribution < 1.29 is 9.32 Å². The van der Waals surface area contributed by atoms with Crippen LogP contribution in [0.4, 0.5) is 0 Å². The number of aromatic nitrogens is 1. The van der Waals surface area contributed by atoms with Gasteiger partial charge in [0, 0.05) is 18.2 Å². The highest BCUT2D eigenvalue weighted by molar-refractivity contribution is 5.92. The molecule has 5 heteroatoms. The smallest absolute Gasteiger partial charge is 0.290 e. The van der Waals surface area contributed by atoms with E-state index in [1.165, 1.54) is 19.0 Å². The Morgan fingerprint density at radius 3 is 3.07 bits per heavy atom. The summed E-state index contributed by atoms with van der Waals surface area (Å²) in [7, 11) is 0. The first kappa shape index (κ1) is 10.2. The van der Waals surface area contributed by atoms with Crippen LogP contribution in [0.25, 0.3) is 0 Å². The Balaban J connectivity index is 1.84. The summed E-state index contributed by atoms with van der Waals surface area (Å²) in [5, 5.41) is 6.30. The molecule has 2 rings (SSSR count). The summed E-state index contributed by atoms with van der Waals surface area (Å²) in [5.74, 6) is 0.625. The van der Waals surface area contributed by atoms with E-state index < -0.39 is 0 Å². The number of hydrogen-bond donors (Lipinski definition) is 2. The molecular formula is C10H15N3O2. The quantitative estimate of drug-likeness (QED) is 0.754. The van der Waals surface area contributed by atoms with Crippen LogP contribution in [0.2, 0.25) is 0 Å². The summed E-state index contributed by atoms with van der Waals surface area (Å²) < 4.78 is 4.83. The van der Waals surface area contributed by atoms with Crippen LogP contribution >= 0.6 is 0 Å². The fourth-order valence-electron chi connectivity index (χ4n) is 1.49. The van der Waals surface area contributed by atoms with Gasteiger partial charge in [-0.3, -0.25) is 4.79 Å². The van der Waals surface area contributed by atoms with Crippen LogP contribution in [0.15, 0.2) is 10.7 Å². The lowest BCUT2D eigenvalue weighted by molar-refractivity contribution is 0.0912. The Hall–Kier alpha value is -1.36. The van der Waals surface area contributed by atoms with E-state index in [1.807, 2.05) is 0 Å². The Morgan fingerprint density at radius 1 is 1.80 bits per heavy atom. The number of nitrogens with two attached hydrogens (primary N) is 1. The van der Waals surface area contributed by atoms with E-state index in [4.69, 9.17) is 10.3 Å². The maximum absolute atomic E-state index is 11.6. The number of carbonyl (C=O) groups is 1. The second-order valence-electron chi connectivity index (χ2n) is 4.05. The minimum atomic E-state index is -0.235. The molecule has 1 amide bonds.